The summed E-state index contributed by atoms with van der Waals surface area (Å²) in [7, 11) is 1.66. The van der Waals surface area contributed by atoms with E-state index >= 15 is 0 Å². The minimum absolute atomic E-state index is 0.0540. The zero-order valence-electron chi connectivity index (χ0n) is 23.5. The summed E-state index contributed by atoms with van der Waals surface area (Å²) >= 11 is 0. The van der Waals surface area contributed by atoms with Crippen LogP contribution in [-0.2, 0) is 11.3 Å². The van der Waals surface area contributed by atoms with Gasteiger partial charge in [-0.05, 0) is 66.7 Å². The highest BCUT2D eigenvalue weighted by Crippen LogP contribution is 2.26. The number of rotatable bonds is 8. The van der Waals surface area contributed by atoms with Crippen LogP contribution in [0.1, 0.15) is 18.1 Å². The van der Waals surface area contributed by atoms with Crippen molar-refractivity contribution in [2.75, 3.05) is 12.4 Å². The summed E-state index contributed by atoms with van der Waals surface area (Å²) in [6.07, 6.45) is 6.67. The smallest absolute Gasteiger partial charge is 0.277 e. The molecule has 0 bridgehead atoms. The second-order valence-corrected chi connectivity index (χ2v) is 10.1. The Kier molecular flexibility index (Phi) is 7.30. The zero-order chi connectivity index (χ0) is 30.1. The minimum atomic E-state index is -0.514. The van der Waals surface area contributed by atoms with E-state index in [1.54, 1.807) is 32.4 Å². The number of pyridine rings is 1. The second kappa shape index (κ2) is 11.4. The van der Waals surface area contributed by atoms with Gasteiger partial charge in [-0.1, -0.05) is 24.3 Å². The first-order chi connectivity index (χ1) is 20.8. The molecule has 0 spiro atoms. The van der Waals surface area contributed by atoms with E-state index in [0.29, 0.717) is 17.2 Å². The number of fused-ring (bicyclic) bond motifs is 1. The summed E-state index contributed by atoms with van der Waals surface area (Å²) in [6.45, 7) is 3.74. The Hall–Kier alpha value is -5.56. The molecule has 0 saturated carbocycles. The van der Waals surface area contributed by atoms with Crippen molar-refractivity contribution in [2.24, 2.45) is 0 Å². The Balaban J connectivity index is 1.41. The number of likely N-dealkylation sites (N-methyl/N-ethyl adjacent to an activating group) is 1. The van der Waals surface area contributed by atoms with Crippen molar-refractivity contribution in [1.29, 1.82) is 0 Å². The third-order valence-corrected chi connectivity index (χ3v) is 7.26. The highest BCUT2D eigenvalue weighted by molar-refractivity contribution is 5.94. The number of aryl methyl sites for hydroxylation is 1. The van der Waals surface area contributed by atoms with Crippen molar-refractivity contribution in [3.8, 4) is 28.5 Å². The van der Waals surface area contributed by atoms with Crippen molar-refractivity contribution in [3.63, 3.8) is 0 Å². The maximum atomic E-state index is 13.9. The summed E-state index contributed by atoms with van der Waals surface area (Å²) in [6, 6.07) is 13.3. The Morgan fingerprint density at radius 2 is 1.86 bits per heavy atom. The van der Waals surface area contributed by atoms with E-state index in [-0.39, 0.29) is 24.0 Å². The predicted molar refractivity (Wildman–Crippen MR) is 159 cm³/mol. The normalized spacial score (nSPS) is 12.0. The SMILES string of the molecule is CN[C@@H](C)C(=O)Nc1cnc(-c2ccc(-c3nnn[nH]3)cc2)n(Cc2cncc(-n3cc(C)c4cc(F)ccc43)c2)c1=O. The first-order valence-corrected chi connectivity index (χ1v) is 13.5. The molecule has 6 rings (SSSR count). The number of aromatic amines is 1. The molecular formula is C30H27FN10O2. The van der Waals surface area contributed by atoms with Crippen LogP contribution in [0.4, 0.5) is 10.1 Å². The van der Waals surface area contributed by atoms with Crippen LogP contribution in [0.25, 0.3) is 39.4 Å². The number of amides is 1. The van der Waals surface area contributed by atoms with Crippen LogP contribution < -0.4 is 16.2 Å². The maximum Gasteiger partial charge on any atom is 0.277 e. The number of carbonyl (C=O) groups is 1. The lowest BCUT2D eigenvalue weighted by molar-refractivity contribution is -0.117. The molecule has 13 heteroatoms. The second-order valence-electron chi connectivity index (χ2n) is 10.1. The Morgan fingerprint density at radius 1 is 1.07 bits per heavy atom. The summed E-state index contributed by atoms with van der Waals surface area (Å²) in [5, 5.41) is 20.2. The molecule has 0 aliphatic heterocycles. The predicted octanol–water partition coefficient (Wildman–Crippen LogP) is 3.47. The summed E-state index contributed by atoms with van der Waals surface area (Å²) in [4.78, 5) is 35.5. The van der Waals surface area contributed by atoms with E-state index in [0.717, 1.165) is 33.3 Å². The molecule has 6 aromatic rings. The molecule has 12 nitrogen and oxygen atoms in total. The van der Waals surface area contributed by atoms with Crippen LogP contribution in [0.2, 0.25) is 0 Å². The van der Waals surface area contributed by atoms with Gasteiger partial charge in [0.15, 0.2) is 5.82 Å². The number of anilines is 1. The standard InChI is InChI=1S/C30H27FN10O2/c1-17-15-40(26-9-8-22(31)11-24(17)26)23-10-19(12-33-13-23)16-41-28(21-6-4-20(5-7-21)27-36-38-39-37-27)34-14-25(30(41)43)35-29(42)18(2)32-3/h4-15,18,32H,16H2,1-3H3,(H,35,42)(H,36,37,38,39)/t18-/m0/s1. The van der Waals surface area contributed by atoms with Gasteiger partial charge in [-0.15, -0.1) is 5.10 Å². The molecule has 0 aliphatic rings. The molecule has 0 saturated heterocycles. The molecule has 0 unspecified atom stereocenters. The van der Waals surface area contributed by atoms with Gasteiger partial charge in [-0.3, -0.25) is 19.1 Å². The van der Waals surface area contributed by atoms with Gasteiger partial charge < -0.3 is 15.2 Å². The van der Waals surface area contributed by atoms with Gasteiger partial charge in [0, 0.05) is 28.9 Å². The van der Waals surface area contributed by atoms with E-state index in [1.165, 1.54) is 22.9 Å². The number of nitrogens with zero attached hydrogens (tertiary/aromatic N) is 7. The van der Waals surface area contributed by atoms with Crippen LogP contribution in [0.3, 0.4) is 0 Å². The lowest BCUT2D eigenvalue weighted by atomic mass is 10.1. The molecule has 1 atom stereocenters. The lowest BCUT2D eigenvalue weighted by Gasteiger charge is -2.16. The lowest BCUT2D eigenvalue weighted by Crippen LogP contribution is -2.38. The average molecular weight is 579 g/mol. The first-order valence-electron chi connectivity index (χ1n) is 13.5. The monoisotopic (exact) mass is 578 g/mol. The Bertz CT molecular complexity index is 2000. The fourth-order valence-electron chi connectivity index (χ4n) is 4.84. The van der Waals surface area contributed by atoms with Gasteiger partial charge in [-0.2, -0.15) is 0 Å². The Labute approximate surface area is 244 Å². The largest absolute Gasteiger partial charge is 0.319 e. The van der Waals surface area contributed by atoms with E-state index < -0.39 is 11.6 Å². The quantitative estimate of drug-likeness (QED) is 0.249. The number of tetrazole rings is 1. The van der Waals surface area contributed by atoms with E-state index in [2.05, 4.69) is 41.2 Å². The Morgan fingerprint density at radius 3 is 2.60 bits per heavy atom. The molecule has 2 aromatic carbocycles. The maximum absolute atomic E-state index is 13.9. The van der Waals surface area contributed by atoms with Crippen molar-refractivity contribution >= 4 is 22.5 Å². The fraction of sp³-hybridized carbons (Fsp3) is 0.167. The molecule has 4 heterocycles. The fourth-order valence-corrected chi connectivity index (χ4v) is 4.84. The average Bonchev–Trinajstić information content (AvgIpc) is 3.67. The highest BCUT2D eigenvalue weighted by Gasteiger charge is 2.18. The first kappa shape index (κ1) is 27.6. The number of benzene rings is 2. The number of H-pyrrole nitrogens is 1. The molecule has 1 amide bonds. The van der Waals surface area contributed by atoms with Crippen LogP contribution in [0.5, 0.6) is 0 Å². The van der Waals surface area contributed by atoms with Crippen molar-refractivity contribution in [2.45, 2.75) is 26.4 Å². The molecule has 0 radical (unpaired) electrons. The van der Waals surface area contributed by atoms with Gasteiger partial charge >= 0.3 is 0 Å². The summed E-state index contributed by atoms with van der Waals surface area (Å²) < 4.78 is 17.4. The van der Waals surface area contributed by atoms with Crippen molar-refractivity contribution in [3.05, 3.63) is 101 Å². The van der Waals surface area contributed by atoms with Crippen LogP contribution in [-0.4, -0.2) is 58.7 Å². The van der Waals surface area contributed by atoms with Crippen LogP contribution in [0, 0.1) is 12.7 Å². The molecule has 216 valence electrons. The number of halogens is 1. The number of aromatic nitrogens is 8. The molecule has 0 aliphatic carbocycles. The summed E-state index contributed by atoms with van der Waals surface area (Å²) in [5.74, 6) is 0.240. The molecular weight excluding hydrogens is 551 g/mol. The van der Waals surface area contributed by atoms with E-state index in [1.807, 2.05) is 48.0 Å². The molecule has 4 aromatic heterocycles. The minimum Gasteiger partial charge on any atom is -0.319 e. The molecule has 3 N–H and O–H groups in total. The molecule has 43 heavy (non-hydrogen) atoms. The van der Waals surface area contributed by atoms with Gasteiger partial charge in [0.05, 0.1) is 36.2 Å². The third-order valence-electron chi connectivity index (χ3n) is 7.26. The van der Waals surface area contributed by atoms with E-state index in [9.17, 15) is 14.0 Å². The van der Waals surface area contributed by atoms with Crippen LogP contribution in [0.15, 0.2) is 78.1 Å². The van der Waals surface area contributed by atoms with Gasteiger partial charge in [0.2, 0.25) is 5.91 Å². The number of nitrogens with one attached hydrogen (secondary N) is 3. The topological polar surface area (TPSA) is 148 Å². The number of hydrogen-bond acceptors (Lipinski definition) is 8. The molecule has 0 fully saturated rings. The summed E-state index contributed by atoms with van der Waals surface area (Å²) in [5.41, 5.74) is 4.30. The van der Waals surface area contributed by atoms with Gasteiger partial charge in [-0.25, -0.2) is 14.5 Å². The van der Waals surface area contributed by atoms with Crippen molar-refractivity contribution < 1.29 is 9.18 Å². The van der Waals surface area contributed by atoms with Gasteiger partial charge in [0.25, 0.3) is 5.56 Å². The highest BCUT2D eigenvalue weighted by atomic mass is 19.1. The number of hydrogen-bond donors (Lipinski definition) is 3. The van der Waals surface area contributed by atoms with Gasteiger partial charge in [0.1, 0.15) is 17.3 Å². The number of carbonyl (C=O) groups excluding carboxylic acids is 1. The third kappa shape index (κ3) is 5.40. The van der Waals surface area contributed by atoms with Crippen LogP contribution >= 0.6 is 0 Å². The zero-order valence-corrected chi connectivity index (χ0v) is 23.5. The van der Waals surface area contributed by atoms with E-state index in [4.69, 9.17) is 0 Å². The van der Waals surface area contributed by atoms with Crippen molar-refractivity contribution in [1.82, 2.24) is 45.0 Å².